The first-order chi connectivity index (χ1) is 13.7. The Labute approximate surface area is 173 Å². The second-order valence-corrected chi connectivity index (χ2v) is 9.43. The van der Waals surface area contributed by atoms with Gasteiger partial charge in [-0.25, -0.2) is 17.2 Å². The lowest BCUT2D eigenvalue weighted by atomic mass is 9.98. The SMILES string of the molecule is CC(NC(=O)C1CCCN(S(=O)(=O)c2ccc(Cl)cc2)C1)c1ccc(F)c(F)c1. The molecule has 9 heteroatoms. The third-order valence-electron chi connectivity index (χ3n) is 5.01. The fraction of sp³-hybridized carbons (Fsp3) is 0.350. The maximum atomic E-state index is 13.4. The van der Waals surface area contributed by atoms with E-state index in [1.165, 1.54) is 34.6 Å². The van der Waals surface area contributed by atoms with Crippen LogP contribution in [-0.4, -0.2) is 31.7 Å². The van der Waals surface area contributed by atoms with Crippen molar-refractivity contribution in [2.24, 2.45) is 5.92 Å². The number of nitrogens with zero attached hydrogens (tertiary/aromatic N) is 1. The Kier molecular flexibility index (Phi) is 6.55. The number of hydrogen-bond donors (Lipinski definition) is 1. The molecule has 1 aliphatic rings. The standard InChI is InChI=1S/C20H21ClF2N2O3S/c1-13(14-4-9-18(22)19(23)11-14)24-20(26)15-3-2-10-25(12-15)29(27,28)17-7-5-16(21)6-8-17/h4-9,11,13,15H,2-3,10,12H2,1H3,(H,24,26). The van der Waals surface area contributed by atoms with Crippen molar-refractivity contribution < 1.29 is 22.0 Å². The number of carbonyl (C=O) groups excluding carboxylic acids is 1. The van der Waals surface area contributed by atoms with Gasteiger partial charge in [-0.3, -0.25) is 4.79 Å². The van der Waals surface area contributed by atoms with Crippen molar-refractivity contribution in [1.29, 1.82) is 0 Å². The summed E-state index contributed by atoms with van der Waals surface area (Å²) in [6.07, 6.45) is 1.09. The van der Waals surface area contributed by atoms with Crippen molar-refractivity contribution in [3.63, 3.8) is 0 Å². The molecule has 1 aliphatic heterocycles. The van der Waals surface area contributed by atoms with Gasteiger partial charge in [0.05, 0.1) is 16.9 Å². The summed E-state index contributed by atoms with van der Waals surface area (Å²) in [5, 5.41) is 3.20. The second kappa shape index (κ2) is 8.77. The Bertz CT molecular complexity index is 999. The van der Waals surface area contributed by atoms with Gasteiger partial charge < -0.3 is 5.32 Å². The number of piperidine rings is 1. The summed E-state index contributed by atoms with van der Waals surface area (Å²) in [7, 11) is -3.73. The van der Waals surface area contributed by atoms with Crippen LogP contribution in [0.3, 0.4) is 0 Å². The molecule has 0 aromatic heterocycles. The molecule has 0 saturated carbocycles. The van der Waals surface area contributed by atoms with Crippen LogP contribution in [-0.2, 0) is 14.8 Å². The van der Waals surface area contributed by atoms with Crippen LogP contribution in [0.4, 0.5) is 8.78 Å². The first kappa shape index (κ1) is 21.7. The van der Waals surface area contributed by atoms with Crippen LogP contribution < -0.4 is 5.32 Å². The number of nitrogens with one attached hydrogen (secondary N) is 1. The van der Waals surface area contributed by atoms with Gasteiger partial charge in [-0.05, 0) is 61.7 Å². The average Bonchev–Trinajstić information content (AvgIpc) is 2.70. The monoisotopic (exact) mass is 442 g/mol. The van der Waals surface area contributed by atoms with E-state index in [0.717, 1.165) is 12.1 Å². The summed E-state index contributed by atoms with van der Waals surface area (Å²) < 4.78 is 53.5. The van der Waals surface area contributed by atoms with E-state index in [0.29, 0.717) is 30.0 Å². The first-order valence-corrected chi connectivity index (χ1v) is 11.0. The van der Waals surface area contributed by atoms with Crippen LogP contribution in [0.15, 0.2) is 47.4 Å². The molecule has 0 spiro atoms. The van der Waals surface area contributed by atoms with Gasteiger partial charge in [-0.15, -0.1) is 0 Å². The number of carbonyl (C=O) groups is 1. The van der Waals surface area contributed by atoms with Gasteiger partial charge in [0.2, 0.25) is 15.9 Å². The Morgan fingerprint density at radius 3 is 2.52 bits per heavy atom. The maximum absolute atomic E-state index is 13.4. The van der Waals surface area contributed by atoms with Crippen molar-refractivity contribution >= 4 is 27.5 Å². The summed E-state index contributed by atoms with van der Waals surface area (Å²) in [5.41, 5.74) is 0.429. The third-order valence-corrected chi connectivity index (χ3v) is 7.14. The van der Waals surface area contributed by atoms with E-state index in [-0.39, 0.29) is 17.3 Å². The van der Waals surface area contributed by atoms with Crippen LogP contribution >= 0.6 is 11.6 Å². The third kappa shape index (κ3) is 4.94. The van der Waals surface area contributed by atoms with E-state index in [9.17, 15) is 22.0 Å². The van der Waals surface area contributed by atoms with Gasteiger partial charge >= 0.3 is 0 Å². The minimum atomic E-state index is -3.73. The molecule has 29 heavy (non-hydrogen) atoms. The van der Waals surface area contributed by atoms with Crippen LogP contribution in [0.2, 0.25) is 5.02 Å². The smallest absolute Gasteiger partial charge is 0.243 e. The average molecular weight is 443 g/mol. The topological polar surface area (TPSA) is 66.5 Å². The minimum Gasteiger partial charge on any atom is -0.349 e. The summed E-state index contributed by atoms with van der Waals surface area (Å²) in [6.45, 7) is 2.05. The fourth-order valence-electron chi connectivity index (χ4n) is 3.33. The molecule has 1 heterocycles. The van der Waals surface area contributed by atoms with E-state index >= 15 is 0 Å². The van der Waals surface area contributed by atoms with Crippen molar-refractivity contribution in [3.05, 3.63) is 64.7 Å². The van der Waals surface area contributed by atoms with Gasteiger partial charge in [-0.2, -0.15) is 4.31 Å². The molecule has 0 bridgehead atoms. The molecule has 2 atom stereocenters. The summed E-state index contributed by atoms with van der Waals surface area (Å²) >= 11 is 5.82. The van der Waals surface area contributed by atoms with Gasteiger partial charge in [0, 0.05) is 18.1 Å². The largest absolute Gasteiger partial charge is 0.349 e. The van der Waals surface area contributed by atoms with Crippen molar-refractivity contribution in [2.75, 3.05) is 13.1 Å². The summed E-state index contributed by atoms with van der Waals surface area (Å²) in [6, 6.07) is 8.80. The number of amides is 1. The normalized spacial score (nSPS) is 19.0. The highest BCUT2D eigenvalue weighted by Crippen LogP contribution is 2.25. The quantitative estimate of drug-likeness (QED) is 0.763. The molecule has 1 N–H and O–H groups in total. The molecule has 3 rings (SSSR count). The van der Waals surface area contributed by atoms with Crippen molar-refractivity contribution in [1.82, 2.24) is 9.62 Å². The first-order valence-electron chi connectivity index (χ1n) is 9.19. The summed E-state index contributed by atoms with van der Waals surface area (Å²) in [4.78, 5) is 12.8. The fourth-order valence-corrected chi connectivity index (χ4v) is 4.98. The lowest BCUT2D eigenvalue weighted by Gasteiger charge is -2.32. The molecule has 156 valence electrons. The number of sulfonamides is 1. The predicted octanol–water partition coefficient (Wildman–Crippen LogP) is 3.90. The molecular weight excluding hydrogens is 422 g/mol. The zero-order valence-electron chi connectivity index (χ0n) is 15.7. The minimum absolute atomic E-state index is 0.0568. The Balaban J connectivity index is 1.68. The Hall–Kier alpha value is -2.03. The zero-order valence-corrected chi connectivity index (χ0v) is 17.3. The highest BCUT2D eigenvalue weighted by Gasteiger charge is 2.33. The molecule has 2 aromatic carbocycles. The highest BCUT2D eigenvalue weighted by atomic mass is 35.5. The number of rotatable bonds is 5. The lowest BCUT2D eigenvalue weighted by Crippen LogP contribution is -2.45. The Morgan fingerprint density at radius 2 is 1.86 bits per heavy atom. The number of hydrogen-bond acceptors (Lipinski definition) is 3. The van der Waals surface area contributed by atoms with Gasteiger partial charge in [0.15, 0.2) is 11.6 Å². The number of benzene rings is 2. The van der Waals surface area contributed by atoms with E-state index in [4.69, 9.17) is 11.6 Å². The molecule has 1 fully saturated rings. The van der Waals surface area contributed by atoms with Crippen LogP contribution in [0, 0.1) is 17.6 Å². The molecule has 0 aliphatic carbocycles. The maximum Gasteiger partial charge on any atom is 0.243 e. The van der Waals surface area contributed by atoms with E-state index in [2.05, 4.69) is 5.32 Å². The highest BCUT2D eigenvalue weighted by molar-refractivity contribution is 7.89. The van der Waals surface area contributed by atoms with Crippen LogP contribution in [0.1, 0.15) is 31.4 Å². The molecular formula is C20H21ClF2N2O3S. The van der Waals surface area contributed by atoms with Crippen molar-refractivity contribution in [3.8, 4) is 0 Å². The lowest BCUT2D eigenvalue weighted by molar-refractivity contribution is -0.126. The predicted molar refractivity (Wildman–Crippen MR) is 106 cm³/mol. The molecule has 2 aromatic rings. The number of halogens is 3. The zero-order chi connectivity index (χ0) is 21.2. The molecule has 1 amide bonds. The second-order valence-electron chi connectivity index (χ2n) is 7.06. The molecule has 5 nitrogen and oxygen atoms in total. The van der Waals surface area contributed by atoms with Gasteiger partial charge in [0.1, 0.15) is 0 Å². The molecule has 1 saturated heterocycles. The van der Waals surface area contributed by atoms with E-state index in [1.54, 1.807) is 6.92 Å². The molecule has 0 radical (unpaired) electrons. The Morgan fingerprint density at radius 1 is 1.17 bits per heavy atom. The van der Waals surface area contributed by atoms with E-state index in [1.807, 2.05) is 0 Å². The van der Waals surface area contributed by atoms with Crippen molar-refractivity contribution in [2.45, 2.75) is 30.7 Å². The van der Waals surface area contributed by atoms with Gasteiger partial charge in [-0.1, -0.05) is 17.7 Å². The summed E-state index contributed by atoms with van der Waals surface area (Å²) in [5.74, 6) is -2.79. The van der Waals surface area contributed by atoms with Crippen LogP contribution in [0.25, 0.3) is 0 Å². The van der Waals surface area contributed by atoms with E-state index < -0.39 is 33.6 Å². The van der Waals surface area contributed by atoms with Gasteiger partial charge in [0.25, 0.3) is 0 Å². The van der Waals surface area contributed by atoms with Crippen LogP contribution in [0.5, 0.6) is 0 Å². The molecule has 2 unspecified atom stereocenters.